The fourth-order valence-corrected chi connectivity index (χ4v) is 7.31. The molecule has 4 N–H and O–H groups in total. The van der Waals surface area contributed by atoms with Crippen LogP contribution in [0.4, 0.5) is 0 Å². The molecule has 6 rings (SSSR count). The quantitative estimate of drug-likeness (QED) is 0.119. The van der Waals surface area contributed by atoms with E-state index in [9.17, 15) is 14.8 Å². The van der Waals surface area contributed by atoms with Crippen LogP contribution in [0.5, 0.6) is 0 Å². The Hall–Kier alpha value is 0.460. The number of ether oxygens (including phenoxy) is 1. The van der Waals surface area contributed by atoms with Gasteiger partial charge in [0.05, 0.1) is 18.8 Å². The zero-order valence-electron chi connectivity index (χ0n) is 17.6. The van der Waals surface area contributed by atoms with E-state index in [4.69, 9.17) is 25.6 Å². The van der Waals surface area contributed by atoms with Gasteiger partial charge in [0, 0.05) is 6.54 Å². The number of hydrogen-bond acceptors (Lipinski definition) is 11. The molecule has 0 radical (unpaired) electrons. The number of aliphatic hydroxyl groups excluding tert-OH is 1. The Labute approximate surface area is 226 Å². The predicted molar refractivity (Wildman–Crippen MR) is 116 cm³/mol. The van der Waals surface area contributed by atoms with Crippen LogP contribution in [0.25, 0.3) is 0 Å². The van der Waals surface area contributed by atoms with Crippen LogP contribution in [0.3, 0.4) is 0 Å². The van der Waals surface area contributed by atoms with Gasteiger partial charge in [-0.25, -0.2) is 4.90 Å². The van der Waals surface area contributed by atoms with Crippen LogP contribution in [-0.2, 0) is 30.4 Å². The molecule has 174 valence electrons. The van der Waals surface area contributed by atoms with Gasteiger partial charge in [0.15, 0.2) is 0 Å². The van der Waals surface area contributed by atoms with Crippen molar-refractivity contribution in [2.45, 2.75) is 54.2 Å². The van der Waals surface area contributed by atoms with E-state index in [0.29, 0.717) is 6.54 Å². The monoisotopic (exact) mass is 569 g/mol. The first-order valence-electron chi connectivity index (χ1n) is 10.3. The summed E-state index contributed by atoms with van der Waals surface area (Å²) in [5, 5.41) is 20.7. The van der Waals surface area contributed by atoms with Crippen molar-refractivity contribution >= 4 is 40.4 Å². The van der Waals surface area contributed by atoms with E-state index in [1.807, 2.05) is 35.2 Å². The van der Waals surface area contributed by atoms with Gasteiger partial charge in [0.1, 0.15) is 48.7 Å². The molecule has 10 unspecified atom stereocenters. The summed E-state index contributed by atoms with van der Waals surface area (Å²) >= 11 is 8.37. The van der Waals surface area contributed by atoms with Crippen LogP contribution >= 0.6 is 22.6 Å². The molecule has 10 atom stereocenters. The predicted octanol–water partition coefficient (Wildman–Crippen LogP) is -4.59. The number of rotatable bonds is 2. The molecule has 1 aromatic rings. The first kappa shape index (κ1) is 25.1. The molecule has 1 aromatic carbocycles. The molecule has 0 spiro atoms. The number of carbonyl (C=O) groups is 1. The fourth-order valence-electron chi connectivity index (χ4n) is 5.11. The first-order valence-corrected chi connectivity index (χ1v) is 13.8. The summed E-state index contributed by atoms with van der Waals surface area (Å²) in [7, 11) is 0. The number of benzene rings is 1. The van der Waals surface area contributed by atoms with E-state index in [0.717, 1.165) is 5.56 Å². The Bertz CT molecular complexity index is 972. The number of alkyl halides is 1. The Kier molecular flexibility index (Phi) is 7.16. The van der Waals surface area contributed by atoms with Gasteiger partial charge in [-0.2, -0.15) is 0 Å². The maximum Gasteiger partial charge on any atom is 1.00 e. The Morgan fingerprint density at radius 1 is 1.24 bits per heavy atom. The zero-order valence-corrected chi connectivity index (χ0v) is 22.9. The van der Waals surface area contributed by atoms with E-state index >= 15 is 0 Å². The maximum atomic E-state index is 13.3. The molecule has 33 heavy (non-hydrogen) atoms. The molecule has 0 aromatic heterocycles. The van der Waals surface area contributed by atoms with Gasteiger partial charge < -0.3 is 28.7 Å². The van der Waals surface area contributed by atoms with Crippen LogP contribution < -0.4 is 50.4 Å². The number of nitrogens with one attached hydrogen (secondary N) is 3. The maximum absolute atomic E-state index is 13.3. The molecular formula is C18H22BrN5NaO6PS. The van der Waals surface area contributed by atoms with Crippen molar-refractivity contribution in [3.63, 3.8) is 0 Å². The average molecular weight is 570 g/mol. The summed E-state index contributed by atoms with van der Waals surface area (Å²) in [6.45, 7) is -3.12. The number of hydrogen-bond donors (Lipinski definition) is 4. The van der Waals surface area contributed by atoms with Crippen molar-refractivity contribution in [2.75, 3.05) is 13.2 Å². The second kappa shape index (κ2) is 9.40. The van der Waals surface area contributed by atoms with Gasteiger partial charge in [-0.05, 0) is 5.56 Å². The van der Waals surface area contributed by atoms with Crippen molar-refractivity contribution in [2.24, 2.45) is 0 Å². The Balaban J connectivity index is 0.00000228. The summed E-state index contributed by atoms with van der Waals surface area (Å²) in [6.07, 6.45) is -4.26. The van der Waals surface area contributed by atoms with Crippen LogP contribution in [0, 0.1) is 0 Å². The van der Waals surface area contributed by atoms with Crippen molar-refractivity contribution in [3.05, 3.63) is 35.9 Å². The van der Waals surface area contributed by atoms with Crippen LogP contribution in [0.1, 0.15) is 11.6 Å². The van der Waals surface area contributed by atoms with Crippen LogP contribution in [0.2, 0.25) is 0 Å². The van der Waals surface area contributed by atoms with Gasteiger partial charge >= 0.3 is 29.6 Å². The number of halogens is 1. The van der Waals surface area contributed by atoms with Crippen molar-refractivity contribution in [1.29, 1.82) is 0 Å². The third-order valence-corrected chi connectivity index (χ3v) is 8.88. The third kappa shape index (κ3) is 4.32. The summed E-state index contributed by atoms with van der Waals surface area (Å²) in [5.74, 6) is -0.0452. The molecule has 0 saturated carbocycles. The number of amides is 1. The first-order chi connectivity index (χ1) is 15.3. The van der Waals surface area contributed by atoms with E-state index in [1.54, 1.807) is 4.90 Å². The molecule has 5 heterocycles. The standard InChI is InChI=1S/C18H23BrN5O6PS.Na/c19-17-21-11-14(24(17)16-12(25)13-10(29-16)7-28-31(27,32)30-13)22-18-20-9(6-23(18)15(11)26)8-4-2-1-3-5-8;/h1-5,9-14,16-18,20-22,25H,6-7H2,(H,27,32);/q;+1/p-1. The molecule has 5 fully saturated rings. The summed E-state index contributed by atoms with van der Waals surface area (Å²) in [5.41, 5.74) is 1.11. The van der Waals surface area contributed by atoms with Gasteiger partial charge in [-0.3, -0.25) is 20.7 Å². The average Bonchev–Trinajstić information content (AvgIpc) is 3.43. The van der Waals surface area contributed by atoms with E-state index in [1.165, 1.54) is 0 Å². The summed E-state index contributed by atoms with van der Waals surface area (Å²) < 4.78 is 16.4. The molecule has 5 aliphatic heterocycles. The Morgan fingerprint density at radius 3 is 2.76 bits per heavy atom. The molecular weight excluding hydrogens is 548 g/mol. The Morgan fingerprint density at radius 2 is 2.00 bits per heavy atom. The third-order valence-electron chi connectivity index (χ3n) is 6.60. The van der Waals surface area contributed by atoms with Gasteiger partial charge in [-0.15, -0.1) is 0 Å². The normalized spacial score (nSPS) is 47.1. The van der Waals surface area contributed by atoms with Crippen LogP contribution in [-0.4, -0.2) is 82.1 Å². The number of carbonyl (C=O) groups excluding carboxylic acids is 1. The molecule has 15 heteroatoms. The number of aliphatic hydroxyl groups is 1. The fraction of sp³-hybridized carbons (Fsp3) is 0.611. The minimum Gasteiger partial charge on any atom is -0.780 e. The zero-order chi connectivity index (χ0) is 22.2. The smallest absolute Gasteiger partial charge is 0.780 e. The topological polar surface area (TPSA) is 131 Å². The second-order valence-corrected chi connectivity index (χ2v) is 12.0. The molecule has 11 nitrogen and oxygen atoms in total. The molecule has 0 bridgehead atoms. The molecule has 5 saturated heterocycles. The van der Waals surface area contributed by atoms with Crippen molar-refractivity contribution in [3.8, 4) is 0 Å². The minimum atomic E-state index is -3.65. The molecule has 1 amide bonds. The molecule has 5 aliphatic rings. The minimum absolute atomic E-state index is 0. The molecule has 0 aliphatic carbocycles. The number of nitrogens with zero attached hydrogens (tertiary/aromatic N) is 2. The summed E-state index contributed by atoms with van der Waals surface area (Å²) in [6, 6.07) is 9.43. The number of fused-ring (bicyclic) bond motifs is 3. The SMILES string of the molecule is O=C1C2NC(Br)N(C3OC4COP([O-])(=S)OC4C3O)C2NC2NC(c3ccccc3)CN12.[Na+]. The van der Waals surface area contributed by atoms with E-state index < -0.39 is 48.5 Å². The largest absolute Gasteiger partial charge is 1.00 e. The van der Waals surface area contributed by atoms with Crippen molar-refractivity contribution < 1.29 is 58.1 Å². The van der Waals surface area contributed by atoms with E-state index in [-0.39, 0.29) is 54.4 Å². The van der Waals surface area contributed by atoms with Gasteiger partial charge in [0.25, 0.3) is 0 Å². The second-order valence-electron chi connectivity index (χ2n) is 8.43. The summed E-state index contributed by atoms with van der Waals surface area (Å²) in [4.78, 5) is 29.0. The van der Waals surface area contributed by atoms with Gasteiger partial charge in [-0.1, -0.05) is 58.1 Å². The van der Waals surface area contributed by atoms with Crippen molar-refractivity contribution in [1.82, 2.24) is 25.8 Å². The van der Waals surface area contributed by atoms with E-state index in [2.05, 4.69) is 31.9 Å². The van der Waals surface area contributed by atoms with Crippen LogP contribution in [0.15, 0.2) is 30.3 Å². The van der Waals surface area contributed by atoms with Gasteiger partial charge in [0.2, 0.25) is 5.91 Å².